The number of aromatic nitrogens is 3. The molecule has 3 amide bonds. The van der Waals surface area contributed by atoms with Crippen LogP contribution in [0.25, 0.3) is 28.4 Å². The van der Waals surface area contributed by atoms with Crippen LogP contribution in [0.15, 0.2) is 60.0 Å². The highest BCUT2D eigenvalue weighted by molar-refractivity contribution is 7.91. The van der Waals surface area contributed by atoms with Crippen LogP contribution in [0.2, 0.25) is 0 Å². The van der Waals surface area contributed by atoms with Gasteiger partial charge in [-0.05, 0) is 48.9 Å². The summed E-state index contributed by atoms with van der Waals surface area (Å²) in [5.41, 5.74) is 1.88. The van der Waals surface area contributed by atoms with Crippen molar-refractivity contribution in [2.75, 3.05) is 11.9 Å². The number of para-hydroxylation sites is 2. The first kappa shape index (κ1) is 36.9. The van der Waals surface area contributed by atoms with Gasteiger partial charge in [-0.15, -0.1) is 11.3 Å². The largest absolute Gasteiger partial charge is 0.471 e. The zero-order chi connectivity index (χ0) is 38.6. The Balaban J connectivity index is 1.17. The minimum atomic E-state index is -4.10. The quantitative estimate of drug-likeness (QED) is 0.241. The lowest BCUT2D eigenvalue weighted by atomic mass is 10.0. The van der Waals surface area contributed by atoms with E-state index in [4.69, 9.17) is 19.7 Å². The van der Waals surface area contributed by atoms with Gasteiger partial charge in [-0.3, -0.25) is 19.1 Å². The molecule has 0 radical (unpaired) electrons. The molecule has 2 aliphatic carbocycles. The molecule has 3 N–H and O–H groups in total. The minimum Gasteiger partial charge on any atom is -0.471 e. The van der Waals surface area contributed by atoms with Crippen molar-refractivity contribution in [3.05, 3.63) is 71.2 Å². The number of amides is 3. The molecule has 0 spiro atoms. The Hall–Kier alpha value is -5.03. The lowest BCUT2D eigenvalue weighted by Crippen LogP contribution is -2.58. The van der Waals surface area contributed by atoms with E-state index in [1.54, 1.807) is 6.07 Å². The first-order chi connectivity index (χ1) is 26.3. The Kier molecular flexibility index (Phi) is 9.56. The predicted octanol–water partition coefficient (Wildman–Crippen LogP) is 4.56. The first-order valence-corrected chi connectivity index (χ1v) is 20.6. The summed E-state index contributed by atoms with van der Waals surface area (Å²) < 4.78 is 62.2. The SMILES string of the molecule is CC(C)[C@@H]1Nc2nc(cs2)C/C=C/c2cccc(c2)-c2nc3ccccc3nc2O[C@@H]2C[C@@H](C(=O)N[C@]3(C(=O)NS(=O)(=O)C4CC4)C[C@H]3C(F)F)N(C2)C1=O. The number of rotatable bonds is 7. The fraction of sp³-hybridized carbons (Fsp3) is 0.421. The van der Waals surface area contributed by atoms with Crippen LogP contribution in [0.1, 0.15) is 50.8 Å². The number of benzene rings is 2. The first-order valence-electron chi connectivity index (χ1n) is 18.2. The van der Waals surface area contributed by atoms with E-state index in [1.807, 2.05) is 78.6 Å². The lowest BCUT2D eigenvalue weighted by molar-refractivity contribution is -0.141. The lowest BCUT2D eigenvalue weighted by Gasteiger charge is -2.31. The van der Waals surface area contributed by atoms with E-state index in [-0.39, 0.29) is 24.8 Å². The minimum absolute atomic E-state index is 0.0854. The summed E-state index contributed by atoms with van der Waals surface area (Å²) in [6, 6.07) is 12.9. The number of sulfonamides is 1. The van der Waals surface area contributed by atoms with E-state index in [0.717, 1.165) is 16.8 Å². The summed E-state index contributed by atoms with van der Waals surface area (Å²) in [5.74, 6) is -4.28. The zero-order valence-corrected chi connectivity index (χ0v) is 31.6. The Bertz CT molecular complexity index is 2320. The second kappa shape index (κ2) is 14.2. The molecule has 4 heterocycles. The maximum Gasteiger partial charge on any atom is 0.259 e. The monoisotopic (exact) mass is 791 g/mol. The van der Waals surface area contributed by atoms with Gasteiger partial charge in [0, 0.05) is 23.8 Å². The number of halogens is 2. The number of hydrogen-bond donors (Lipinski definition) is 3. The number of fused-ring (bicyclic) bond motifs is 9. The smallest absolute Gasteiger partial charge is 0.259 e. The number of alkyl halides is 2. The summed E-state index contributed by atoms with van der Waals surface area (Å²) in [5, 5.41) is 7.35. The second-order valence-electron chi connectivity index (χ2n) is 14.9. The molecule has 2 saturated carbocycles. The molecule has 2 aromatic heterocycles. The van der Waals surface area contributed by atoms with Crippen molar-refractivity contribution < 1.29 is 36.3 Å². The maximum absolute atomic E-state index is 14.6. The van der Waals surface area contributed by atoms with Gasteiger partial charge < -0.3 is 20.3 Å². The number of nitrogens with one attached hydrogen (secondary N) is 3. The molecule has 17 heteroatoms. The van der Waals surface area contributed by atoms with Crippen molar-refractivity contribution in [3.63, 3.8) is 0 Å². The van der Waals surface area contributed by atoms with Gasteiger partial charge in [-0.1, -0.05) is 56.3 Å². The fourth-order valence-corrected chi connectivity index (χ4v) is 9.35. The van der Waals surface area contributed by atoms with Crippen molar-refractivity contribution >= 4 is 61.3 Å². The van der Waals surface area contributed by atoms with Gasteiger partial charge in [0.25, 0.3) is 5.91 Å². The maximum atomic E-state index is 14.6. The van der Waals surface area contributed by atoms with Crippen LogP contribution >= 0.6 is 11.3 Å². The average molecular weight is 792 g/mol. The number of hydrogen-bond acceptors (Lipinski definition) is 11. The third-order valence-corrected chi connectivity index (χ3v) is 13.1. The molecule has 6 bridgehead atoms. The van der Waals surface area contributed by atoms with E-state index in [2.05, 4.69) is 10.6 Å². The molecule has 0 unspecified atom stereocenters. The number of anilines is 1. The van der Waals surface area contributed by atoms with Crippen LogP contribution in [-0.4, -0.2) is 87.9 Å². The van der Waals surface area contributed by atoms with Crippen molar-refractivity contribution in [2.45, 2.75) is 81.4 Å². The van der Waals surface area contributed by atoms with Gasteiger partial charge in [-0.2, -0.15) is 0 Å². The van der Waals surface area contributed by atoms with Gasteiger partial charge in [0.15, 0.2) is 5.13 Å². The summed E-state index contributed by atoms with van der Waals surface area (Å²) in [7, 11) is -4.10. The van der Waals surface area contributed by atoms with E-state index in [0.29, 0.717) is 41.1 Å². The summed E-state index contributed by atoms with van der Waals surface area (Å²) in [6.45, 7) is 3.61. The molecular formula is C38H39F2N7O6S2. The zero-order valence-electron chi connectivity index (χ0n) is 29.9. The van der Waals surface area contributed by atoms with Gasteiger partial charge in [-0.25, -0.2) is 32.2 Å². The number of carbonyl (C=O) groups is 3. The van der Waals surface area contributed by atoms with Crippen molar-refractivity contribution in [1.82, 2.24) is 29.9 Å². The van der Waals surface area contributed by atoms with E-state index in [1.165, 1.54) is 16.2 Å². The summed E-state index contributed by atoms with van der Waals surface area (Å²) >= 11 is 1.34. The molecule has 3 fully saturated rings. The molecule has 4 aromatic rings. The van der Waals surface area contributed by atoms with Crippen molar-refractivity contribution in [1.29, 1.82) is 0 Å². The number of ether oxygens (including phenoxy) is 1. The van der Waals surface area contributed by atoms with Crippen molar-refractivity contribution in [2.24, 2.45) is 11.8 Å². The molecule has 5 atom stereocenters. The highest BCUT2D eigenvalue weighted by Gasteiger charge is 2.66. The highest BCUT2D eigenvalue weighted by atomic mass is 32.2. The number of carbonyl (C=O) groups excluding carboxylic acids is 3. The Labute approximate surface area is 320 Å². The summed E-state index contributed by atoms with van der Waals surface area (Å²) in [6.07, 6.45) is 0.823. The molecule has 55 heavy (non-hydrogen) atoms. The van der Waals surface area contributed by atoms with Gasteiger partial charge in [0.2, 0.25) is 34.1 Å². The Morgan fingerprint density at radius 2 is 1.84 bits per heavy atom. The predicted molar refractivity (Wildman–Crippen MR) is 202 cm³/mol. The van der Waals surface area contributed by atoms with Gasteiger partial charge >= 0.3 is 0 Å². The summed E-state index contributed by atoms with van der Waals surface area (Å²) in [4.78, 5) is 58.0. The van der Waals surface area contributed by atoms with Gasteiger partial charge in [0.05, 0.1) is 34.4 Å². The van der Waals surface area contributed by atoms with E-state index in [9.17, 15) is 31.6 Å². The van der Waals surface area contributed by atoms with Crippen LogP contribution in [-0.2, 0) is 30.8 Å². The number of thiazole rings is 1. The van der Waals surface area contributed by atoms with E-state index < -0.39 is 75.5 Å². The fourth-order valence-electron chi connectivity index (χ4n) is 7.22. The van der Waals surface area contributed by atoms with Crippen LogP contribution < -0.4 is 20.1 Å². The van der Waals surface area contributed by atoms with Crippen LogP contribution in [0.5, 0.6) is 5.88 Å². The van der Waals surface area contributed by atoms with Crippen LogP contribution in [0, 0.1) is 11.8 Å². The second-order valence-corrected chi connectivity index (χ2v) is 17.7. The van der Waals surface area contributed by atoms with Gasteiger partial charge in [0.1, 0.15) is 29.4 Å². The standard InChI is InChI=1S/C38H39F2N7O6S2/c1-20(2)30-35(49)47-18-24(16-29(47)33(48)45-38(17-26(38)32(39)40)36(50)46-55(51,52)25-13-14-25)53-34-31(42-27-11-3-4-12-28(27)43-34)22-9-5-7-21(15-22)8-6-10-23-19-54-37(41-23)44-30/h3-9,11-12,15,19-20,24-26,29-30,32H,10,13-14,16-18H2,1-2H3,(H,41,44)(H,45,48)(H,46,50)/b8-6+/t24-,26+,29+,30+,38-/m1/s1. The number of allylic oxidation sites excluding steroid dienone is 1. The Morgan fingerprint density at radius 1 is 1.07 bits per heavy atom. The topological polar surface area (TPSA) is 173 Å². The van der Waals surface area contributed by atoms with E-state index >= 15 is 0 Å². The molecule has 13 nitrogen and oxygen atoms in total. The molecule has 288 valence electrons. The van der Waals surface area contributed by atoms with Crippen LogP contribution in [0.3, 0.4) is 0 Å². The third kappa shape index (κ3) is 7.38. The average Bonchev–Trinajstić information content (AvgIpc) is 4.05. The molecule has 2 aromatic carbocycles. The normalized spacial score (nSPS) is 25.7. The molecular weight excluding hydrogens is 753 g/mol. The Morgan fingerprint density at radius 3 is 2.55 bits per heavy atom. The number of nitrogens with zero attached hydrogens (tertiary/aromatic N) is 4. The molecule has 4 aliphatic rings. The van der Waals surface area contributed by atoms with Crippen LogP contribution in [0.4, 0.5) is 13.9 Å². The molecule has 2 aliphatic heterocycles. The van der Waals surface area contributed by atoms with Crippen molar-refractivity contribution in [3.8, 4) is 17.1 Å². The molecule has 8 rings (SSSR count). The highest BCUT2D eigenvalue weighted by Crippen LogP contribution is 2.48. The third-order valence-electron chi connectivity index (χ3n) is 10.5. The molecule has 1 saturated heterocycles.